The summed E-state index contributed by atoms with van der Waals surface area (Å²) in [6, 6.07) is 7.25. The van der Waals surface area contributed by atoms with Crippen LogP contribution in [-0.4, -0.2) is 35.3 Å². The minimum absolute atomic E-state index is 0.162. The molecular formula is C20H29N3O3. The number of hydrogen-bond acceptors (Lipinski definition) is 4. The number of carbonyl (C=O) groups is 1. The van der Waals surface area contributed by atoms with Crippen molar-refractivity contribution < 1.29 is 14.3 Å². The molecule has 2 aromatic rings. The van der Waals surface area contributed by atoms with Crippen molar-refractivity contribution in [2.75, 3.05) is 13.7 Å². The number of aromatic nitrogens is 2. The van der Waals surface area contributed by atoms with Crippen LogP contribution >= 0.6 is 0 Å². The summed E-state index contributed by atoms with van der Waals surface area (Å²) in [6.45, 7) is 6.61. The number of hydrogen-bond donors (Lipinski definition) is 1. The molecule has 1 aromatic heterocycles. The van der Waals surface area contributed by atoms with E-state index in [-0.39, 0.29) is 11.9 Å². The van der Waals surface area contributed by atoms with Gasteiger partial charge in [0.05, 0.1) is 7.11 Å². The number of rotatable bonds is 9. The van der Waals surface area contributed by atoms with Gasteiger partial charge in [0.1, 0.15) is 23.7 Å². The van der Waals surface area contributed by atoms with Gasteiger partial charge in [-0.3, -0.25) is 4.79 Å². The Balaban J connectivity index is 2.17. The van der Waals surface area contributed by atoms with Gasteiger partial charge in [-0.05, 0) is 37.0 Å². The van der Waals surface area contributed by atoms with Gasteiger partial charge in [0.2, 0.25) is 5.91 Å². The Morgan fingerprint density at radius 3 is 2.69 bits per heavy atom. The molecule has 0 fully saturated rings. The van der Waals surface area contributed by atoms with Crippen LogP contribution in [0.3, 0.4) is 0 Å². The number of benzene rings is 1. The third kappa shape index (κ3) is 5.33. The minimum atomic E-state index is -0.526. The molecule has 0 aliphatic carbocycles. The first-order valence-electron chi connectivity index (χ1n) is 8.95. The molecule has 1 heterocycles. The van der Waals surface area contributed by atoms with Crippen LogP contribution < -0.4 is 10.1 Å². The highest BCUT2D eigenvalue weighted by molar-refractivity contribution is 5.81. The molecule has 142 valence electrons. The van der Waals surface area contributed by atoms with Gasteiger partial charge in [-0.25, -0.2) is 4.98 Å². The fourth-order valence-corrected chi connectivity index (χ4v) is 2.59. The number of nitrogens with one attached hydrogen (secondary N) is 1. The van der Waals surface area contributed by atoms with Gasteiger partial charge in [0.25, 0.3) is 0 Å². The second-order valence-corrected chi connectivity index (χ2v) is 6.81. The zero-order valence-electron chi connectivity index (χ0n) is 16.2. The lowest BCUT2D eigenvalue weighted by Gasteiger charge is -2.22. The molecule has 1 N–H and O–H groups in total. The van der Waals surface area contributed by atoms with Crippen molar-refractivity contribution >= 4 is 5.91 Å². The van der Waals surface area contributed by atoms with E-state index >= 15 is 0 Å². The van der Waals surface area contributed by atoms with Crippen LogP contribution in [0.25, 0.3) is 0 Å². The van der Waals surface area contributed by atoms with Crippen molar-refractivity contribution in [2.45, 2.75) is 39.3 Å². The second kappa shape index (κ2) is 9.38. The second-order valence-electron chi connectivity index (χ2n) is 6.81. The average molecular weight is 359 g/mol. The van der Waals surface area contributed by atoms with E-state index in [9.17, 15) is 4.79 Å². The fourth-order valence-electron chi connectivity index (χ4n) is 2.59. The molecule has 0 radical (unpaired) electrons. The first-order chi connectivity index (χ1) is 12.4. The highest BCUT2D eigenvalue weighted by Crippen LogP contribution is 2.24. The third-order valence-corrected chi connectivity index (χ3v) is 4.26. The van der Waals surface area contributed by atoms with Crippen LogP contribution in [-0.2, 0) is 16.6 Å². The normalized spacial score (nSPS) is 13.5. The zero-order chi connectivity index (χ0) is 19.1. The van der Waals surface area contributed by atoms with Gasteiger partial charge in [0.15, 0.2) is 0 Å². The maximum absolute atomic E-state index is 12.7. The first kappa shape index (κ1) is 20.0. The quantitative estimate of drug-likeness (QED) is 0.747. The molecule has 6 nitrogen and oxygen atoms in total. The summed E-state index contributed by atoms with van der Waals surface area (Å²) in [5.74, 6) is 1.87. The Bertz CT molecular complexity index is 712. The van der Waals surface area contributed by atoms with E-state index in [2.05, 4.69) is 24.1 Å². The molecule has 6 heteroatoms. The molecule has 2 atom stereocenters. The van der Waals surface area contributed by atoms with Crippen molar-refractivity contribution in [1.82, 2.24) is 14.9 Å². The van der Waals surface area contributed by atoms with Crippen LogP contribution in [0, 0.1) is 5.92 Å². The lowest BCUT2D eigenvalue weighted by Crippen LogP contribution is -2.38. The van der Waals surface area contributed by atoms with Crippen LogP contribution in [0.1, 0.15) is 44.6 Å². The van der Waals surface area contributed by atoms with E-state index < -0.39 is 6.10 Å². The molecule has 2 rings (SSSR count). The fraction of sp³-hybridized carbons (Fsp3) is 0.500. The molecule has 0 spiro atoms. The van der Waals surface area contributed by atoms with Gasteiger partial charge < -0.3 is 19.4 Å². The Labute approximate surface area is 155 Å². The summed E-state index contributed by atoms with van der Waals surface area (Å²) in [7, 11) is 3.53. The summed E-state index contributed by atoms with van der Waals surface area (Å²) in [4.78, 5) is 17.1. The molecule has 0 saturated heterocycles. The predicted octanol–water partition coefficient (Wildman–Crippen LogP) is 3.09. The van der Waals surface area contributed by atoms with Crippen molar-refractivity contribution in [3.05, 3.63) is 48.0 Å². The monoisotopic (exact) mass is 359 g/mol. The third-order valence-electron chi connectivity index (χ3n) is 4.26. The van der Waals surface area contributed by atoms with Crippen molar-refractivity contribution in [3.63, 3.8) is 0 Å². The molecule has 0 saturated carbocycles. The van der Waals surface area contributed by atoms with E-state index in [1.54, 1.807) is 20.2 Å². The van der Waals surface area contributed by atoms with E-state index in [4.69, 9.17) is 9.47 Å². The maximum atomic E-state index is 12.7. The number of amides is 1. The van der Waals surface area contributed by atoms with Crippen molar-refractivity contribution in [2.24, 2.45) is 13.0 Å². The van der Waals surface area contributed by atoms with Crippen molar-refractivity contribution in [1.29, 1.82) is 0 Å². The first-order valence-corrected chi connectivity index (χ1v) is 8.95. The molecule has 1 amide bonds. The van der Waals surface area contributed by atoms with Gasteiger partial charge in [-0.15, -0.1) is 0 Å². The Morgan fingerprint density at radius 1 is 1.31 bits per heavy atom. The largest absolute Gasteiger partial charge is 0.497 e. The summed E-state index contributed by atoms with van der Waals surface area (Å²) < 4.78 is 12.9. The van der Waals surface area contributed by atoms with Crippen LogP contribution in [0.15, 0.2) is 36.7 Å². The van der Waals surface area contributed by atoms with Gasteiger partial charge >= 0.3 is 0 Å². The van der Waals surface area contributed by atoms with Crippen LogP contribution in [0.2, 0.25) is 0 Å². The Hall–Kier alpha value is -2.34. The standard InChI is InChI=1S/C20H29N3O3/c1-14(2)9-12-26-15(3)20(24)22-18(19-21-10-11-23(19)4)16-7-6-8-17(13-16)25-5/h6-8,10-11,13-15,18H,9,12H2,1-5H3,(H,22,24). The Morgan fingerprint density at radius 2 is 2.08 bits per heavy atom. The van der Waals surface area contributed by atoms with E-state index in [0.29, 0.717) is 12.5 Å². The lowest BCUT2D eigenvalue weighted by molar-refractivity contribution is -0.132. The van der Waals surface area contributed by atoms with Crippen molar-refractivity contribution in [3.8, 4) is 5.75 Å². The molecule has 26 heavy (non-hydrogen) atoms. The highest BCUT2D eigenvalue weighted by Gasteiger charge is 2.24. The number of carbonyl (C=O) groups excluding carboxylic acids is 1. The lowest BCUT2D eigenvalue weighted by atomic mass is 10.1. The average Bonchev–Trinajstić information content (AvgIpc) is 3.04. The summed E-state index contributed by atoms with van der Waals surface area (Å²) in [5.41, 5.74) is 0.904. The molecular weight excluding hydrogens is 330 g/mol. The smallest absolute Gasteiger partial charge is 0.249 e. The zero-order valence-corrected chi connectivity index (χ0v) is 16.2. The van der Waals surface area contributed by atoms with Crippen LogP contribution in [0.4, 0.5) is 0 Å². The van der Waals surface area contributed by atoms with E-state index in [0.717, 1.165) is 23.6 Å². The number of nitrogens with zero attached hydrogens (tertiary/aromatic N) is 2. The number of methoxy groups -OCH3 is 1. The number of imidazole rings is 1. The predicted molar refractivity (Wildman–Crippen MR) is 101 cm³/mol. The van der Waals surface area contributed by atoms with Gasteiger partial charge in [-0.1, -0.05) is 26.0 Å². The molecule has 0 bridgehead atoms. The number of ether oxygens (including phenoxy) is 2. The van der Waals surface area contributed by atoms with Crippen LogP contribution in [0.5, 0.6) is 5.75 Å². The maximum Gasteiger partial charge on any atom is 0.249 e. The molecule has 1 aromatic carbocycles. The molecule has 0 aliphatic heterocycles. The Kier molecular flexibility index (Phi) is 7.21. The molecule has 2 unspecified atom stereocenters. The number of aryl methyl sites for hydroxylation is 1. The van der Waals surface area contributed by atoms with E-state index in [1.165, 1.54) is 0 Å². The SMILES string of the molecule is COc1cccc(C(NC(=O)C(C)OCCC(C)C)c2nccn2C)c1. The minimum Gasteiger partial charge on any atom is -0.497 e. The molecule has 0 aliphatic rings. The van der Waals surface area contributed by atoms with E-state index in [1.807, 2.05) is 42.1 Å². The summed E-state index contributed by atoms with van der Waals surface area (Å²) >= 11 is 0. The summed E-state index contributed by atoms with van der Waals surface area (Å²) in [6.07, 6.45) is 3.98. The topological polar surface area (TPSA) is 65.4 Å². The summed E-state index contributed by atoms with van der Waals surface area (Å²) in [5, 5.41) is 3.06. The van der Waals surface area contributed by atoms with Gasteiger partial charge in [-0.2, -0.15) is 0 Å². The highest BCUT2D eigenvalue weighted by atomic mass is 16.5. The van der Waals surface area contributed by atoms with Gasteiger partial charge in [0, 0.05) is 26.0 Å².